The van der Waals surface area contributed by atoms with E-state index in [1.165, 1.54) is 28.5 Å². The van der Waals surface area contributed by atoms with Crippen LogP contribution in [-0.2, 0) is 41.3 Å². The van der Waals surface area contributed by atoms with Gasteiger partial charge in [0.05, 0.1) is 12.7 Å². The number of urea groups is 1. The average Bonchev–Trinajstić information content (AvgIpc) is 3.78. The molecule has 2 amide bonds. The summed E-state index contributed by atoms with van der Waals surface area (Å²) in [5, 5.41) is 7.75. The molecule has 2 atom stereocenters. The zero-order valence-corrected chi connectivity index (χ0v) is 28.2. The maximum absolute atomic E-state index is 15.9. The number of anilines is 1. The van der Waals surface area contributed by atoms with E-state index in [4.69, 9.17) is 9.10 Å². The summed E-state index contributed by atoms with van der Waals surface area (Å²) in [5.74, 6) is 0.683. The number of fused-ring (bicyclic) bond motifs is 3. The van der Waals surface area contributed by atoms with Crippen LogP contribution in [-0.4, -0.2) is 25.6 Å². The predicted molar refractivity (Wildman–Crippen MR) is 188 cm³/mol. The number of nitrogens with zero attached hydrogens (tertiary/aromatic N) is 3. The van der Waals surface area contributed by atoms with Gasteiger partial charge in [-0.2, -0.15) is 9.46 Å². The van der Waals surface area contributed by atoms with E-state index in [1.807, 2.05) is 105 Å². The lowest BCUT2D eigenvalue weighted by Crippen LogP contribution is -2.39. The van der Waals surface area contributed by atoms with Gasteiger partial charge in [-0.3, -0.25) is 0 Å². The zero-order chi connectivity index (χ0) is 33.1. The number of amides is 2. The highest BCUT2D eigenvalue weighted by Crippen LogP contribution is 2.47. The van der Waals surface area contributed by atoms with E-state index in [9.17, 15) is 4.79 Å². The first-order chi connectivity index (χ1) is 23.2. The topological polar surface area (TPSA) is 97.6 Å². The van der Waals surface area contributed by atoms with Crippen molar-refractivity contribution in [1.29, 1.82) is 0 Å². The number of hydrogen-bond donors (Lipinski definition) is 2. The third-order valence-electron chi connectivity index (χ3n) is 9.82. The molecule has 0 radical (unpaired) electrons. The van der Waals surface area contributed by atoms with Crippen LogP contribution in [0.15, 0.2) is 113 Å². The van der Waals surface area contributed by atoms with Crippen LogP contribution in [0.2, 0.25) is 0 Å². The van der Waals surface area contributed by atoms with Gasteiger partial charge < -0.3 is 10.1 Å². The molecule has 244 valence electrons. The predicted octanol–water partition coefficient (Wildman–Crippen LogP) is 7.76. The fourth-order valence-corrected chi connectivity index (χ4v) is 9.53. The molecule has 2 heterocycles. The molecule has 9 heteroatoms. The van der Waals surface area contributed by atoms with Crippen LogP contribution in [0.5, 0.6) is 5.88 Å². The molecule has 1 aliphatic heterocycles. The molecule has 48 heavy (non-hydrogen) atoms. The van der Waals surface area contributed by atoms with Crippen LogP contribution in [0.25, 0.3) is 0 Å². The summed E-state index contributed by atoms with van der Waals surface area (Å²) in [6.07, 6.45) is 5.48. The van der Waals surface area contributed by atoms with Crippen LogP contribution in [0, 0.1) is 0 Å². The summed E-state index contributed by atoms with van der Waals surface area (Å²) in [7, 11) is -3.80. The lowest BCUT2D eigenvalue weighted by atomic mass is 9.75. The molecule has 5 aromatic rings. The number of carbonyl (C=O) groups is 1. The second-order valence-electron chi connectivity index (χ2n) is 13.7. The summed E-state index contributed by atoms with van der Waals surface area (Å²) in [6, 6.07) is 31.2. The Morgan fingerprint density at radius 1 is 0.938 bits per heavy atom. The molecule has 4 aromatic carbocycles. The van der Waals surface area contributed by atoms with Crippen LogP contribution in [0.4, 0.5) is 10.5 Å². The number of hydrogen-bond acceptors (Lipinski definition) is 5. The quantitative estimate of drug-likeness (QED) is 0.175. The monoisotopic (exact) mass is 657 g/mol. The molecule has 1 aromatic heterocycles. The van der Waals surface area contributed by atoms with E-state index in [1.54, 1.807) is 4.68 Å². The van der Waals surface area contributed by atoms with Crippen molar-refractivity contribution in [2.45, 2.75) is 75.0 Å². The van der Waals surface area contributed by atoms with Crippen molar-refractivity contribution >= 4 is 21.6 Å². The Morgan fingerprint density at radius 2 is 1.54 bits per heavy atom. The Balaban J connectivity index is 1.35. The molecule has 0 spiro atoms. The zero-order valence-electron chi connectivity index (χ0n) is 27.4. The first kappa shape index (κ1) is 30.4. The number of carbonyl (C=O) groups excluding carboxylic acids is 1. The van der Waals surface area contributed by atoms with Gasteiger partial charge in [0.15, 0.2) is 9.92 Å². The van der Waals surface area contributed by atoms with Gasteiger partial charge in [-0.05, 0) is 84.4 Å². The largest absolute Gasteiger partial charge is 0.469 e. The second kappa shape index (κ2) is 11.4. The number of aryl methyl sites for hydroxylation is 1. The van der Waals surface area contributed by atoms with Crippen molar-refractivity contribution in [3.8, 4) is 5.88 Å². The van der Waals surface area contributed by atoms with Gasteiger partial charge in [-0.15, -0.1) is 0 Å². The second-order valence-corrected chi connectivity index (χ2v) is 15.6. The molecule has 3 aliphatic rings. The van der Waals surface area contributed by atoms with Crippen molar-refractivity contribution in [2.24, 2.45) is 4.36 Å². The molecule has 2 aliphatic carbocycles. The fraction of sp³-hybridized carbons (Fsp3) is 0.282. The fourth-order valence-electron chi connectivity index (χ4n) is 7.70. The van der Waals surface area contributed by atoms with E-state index < -0.39 is 27.1 Å². The maximum Gasteiger partial charge on any atom is 0.331 e. The molecule has 8 nitrogen and oxygen atoms in total. The molecule has 8 rings (SSSR count). The Kier molecular flexibility index (Phi) is 7.21. The summed E-state index contributed by atoms with van der Waals surface area (Å²) >= 11 is 0. The van der Waals surface area contributed by atoms with Crippen molar-refractivity contribution in [1.82, 2.24) is 14.5 Å². The highest BCUT2D eigenvalue weighted by atomic mass is 32.2. The van der Waals surface area contributed by atoms with Gasteiger partial charge in [-0.1, -0.05) is 104 Å². The minimum atomic E-state index is -3.80. The van der Waals surface area contributed by atoms with Crippen LogP contribution in [0.1, 0.15) is 72.1 Å². The molecular weight excluding hydrogens is 619 g/mol. The van der Waals surface area contributed by atoms with Crippen molar-refractivity contribution in [2.75, 3.05) is 5.32 Å². The Hall–Kier alpha value is -4.89. The third kappa shape index (κ3) is 4.99. The summed E-state index contributed by atoms with van der Waals surface area (Å²) < 4.78 is 32.3. The summed E-state index contributed by atoms with van der Waals surface area (Å²) in [5.41, 5.74) is 6.36. The standard InChI is InChI=1S/C39H39N5O3S/c1-26-22-28-23-27-14-13-21-32(27)35(34(26)28)41-37(45)42-48(46,33-24-40-44-25-38(2,3)47-36(33)44)43-39(29-15-7-4-8-16-29,30-17-9-5-10-18-30)31-19-11-6-12-20-31/h4-12,15-20,23-24,26H,13-14,21-22,25H2,1-3H3,(H2,41,42,43,45,46)/t26-,48?/m0/s1. The van der Waals surface area contributed by atoms with Gasteiger partial charge in [0, 0.05) is 5.69 Å². The van der Waals surface area contributed by atoms with E-state index in [0.717, 1.165) is 48.1 Å². The Labute approximate surface area is 281 Å². The minimum absolute atomic E-state index is 0.232. The Bertz CT molecular complexity index is 2050. The van der Waals surface area contributed by atoms with Crippen LogP contribution in [0.3, 0.4) is 0 Å². The molecule has 1 unspecified atom stereocenters. The molecule has 0 fully saturated rings. The number of rotatable bonds is 7. The lowest BCUT2D eigenvalue weighted by molar-refractivity contribution is 0.132. The highest BCUT2D eigenvalue weighted by molar-refractivity contribution is 7.92. The van der Waals surface area contributed by atoms with E-state index in [0.29, 0.717) is 18.3 Å². The van der Waals surface area contributed by atoms with E-state index in [2.05, 4.69) is 28.1 Å². The molecule has 0 saturated heterocycles. The first-order valence-corrected chi connectivity index (χ1v) is 18.1. The van der Waals surface area contributed by atoms with Crippen molar-refractivity contribution in [3.05, 3.63) is 142 Å². The van der Waals surface area contributed by atoms with Gasteiger partial charge >= 0.3 is 6.03 Å². The van der Waals surface area contributed by atoms with E-state index in [-0.39, 0.29) is 4.90 Å². The van der Waals surface area contributed by atoms with Gasteiger partial charge in [0.25, 0.3) is 0 Å². The summed E-state index contributed by atoms with van der Waals surface area (Å²) in [4.78, 5) is 14.5. The number of aromatic nitrogens is 2. The average molecular weight is 658 g/mol. The van der Waals surface area contributed by atoms with Crippen LogP contribution >= 0.6 is 0 Å². The maximum atomic E-state index is 15.9. The molecule has 0 saturated carbocycles. The smallest absolute Gasteiger partial charge is 0.331 e. The summed E-state index contributed by atoms with van der Waals surface area (Å²) in [6.45, 7) is 6.59. The molecule has 0 bridgehead atoms. The Morgan fingerprint density at radius 3 is 2.12 bits per heavy atom. The normalized spacial score (nSPS) is 18.4. The number of nitrogens with one attached hydrogen (secondary N) is 2. The highest BCUT2D eigenvalue weighted by Gasteiger charge is 2.42. The van der Waals surface area contributed by atoms with Crippen LogP contribution < -0.4 is 14.8 Å². The van der Waals surface area contributed by atoms with Gasteiger partial charge in [0.1, 0.15) is 16.0 Å². The molecular formula is C39H39N5O3S. The van der Waals surface area contributed by atoms with Gasteiger partial charge in [-0.25, -0.2) is 18.4 Å². The number of ether oxygens (including phenoxy) is 1. The van der Waals surface area contributed by atoms with Crippen molar-refractivity contribution in [3.63, 3.8) is 0 Å². The van der Waals surface area contributed by atoms with Gasteiger partial charge in [0.2, 0.25) is 5.88 Å². The van der Waals surface area contributed by atoms with E-state index >= 15 is 4.21 Å². The minimum Gasteiger partial charge on any atom is -0.469 e. The lowest BCUT2D eigenvalue weighted by Gasteiger charge is -2.33. The first-order valence-electron chi connectivity index (χ1n) is 16.6. The van der Waals surface area contributed by atoms with Crippen molar-refractivity contribution < 1.29 is 13.7 Å². The number of benzene rings is 4. The molecule has 2 N–H and O–H groups in total. The third-order valence-corrected chi connectivity index (χ3v) is 11.7. The SMILES string of the molecule is C[C@H]1Cc2cc3c(c(NC(=O)NS(=O)(=NC(c4ccccc4)(c4ccccc4)c4ccccc4)c4cnn5c4OC(C)(C)C5)c21)CCC3.